The number of alkyl halides is 2. The van der Waals surface area contributed by atoms with Crippen LogP contribution in [0.4, 0.5) is 8.78 Å². The number of aromatic nitrogens is 2. The number of nitrogens with zero attached hydrogens (tertiary/aromatic N) is 3. The Hall–Kier alpha value is -2.82. The Morgan fingerprint density at radius 1 is 1.19 bits per heavy atom. The summed E-state index contributed by atoms with van der Waals surface area (Å²) in [5.41, 5.74) is 1.93. The van der Waals surface area contributed by atoms with Gasteiger partial charge in [0.1, 0.15) is 0 Å². The number of benzene rings is 1. The third-order valence-corrected chi connectivity index (χ3v) is 7.24. The van der Waals surface area contributed by atoms with Crippen molar-refractivity contribution < 1.29 is 22.8 Å². The molecule has 0 amide bonds. The molecule has 1 aromatic carbocycles. The van der Waals surface area contributed by atoms with Crippen molar-refractivity contribution in [3.8, 4) is 22.9 Å². The Morgan fingerprint density at radius 2 is 2.09 bits per heavy atom. The Kier molecular flexibility index (Phi) is 5.90. The molecule has 5 rings (SSSR count). The normalized spacial score (nSPS) is 16.3. The molecule has 4 heterocycles. The molecule has 166 valence electrons. The van der Waals surface area contributed by atoms with Gasteiger partial charge in [-0.15, -0.1) is 22.7 Å². The maximum Gasteiger partial charge on any atom is 0.387 e. The van der Waals surface area contributed by atoms with Crippen LogP contribution in [0.3, 0.4) is 0 Å². The van der Waals surface area contributed by atoms with Gasteiger partial charge in [-0.3, -0.25) is 4.90 Å². The number of ether oxygens (including phenoxy) is 2. The first kappa shape index (κ1) is 21.0. The predicted molar refractivity (Wildman–Crippen MR) is 118 cm³/mol. The van der Waals surface area contributed by atoms with E-state index in [1.54, 1.807) is 34.8 Å². The zero-order valence-electron chi connectivity index (χ0n) is 17.0. The third kappa shape index (κ3) is 4.13. The molecule has 3 aromatic heterocycles. The van der Waals surface area contributed by atoms with Gasteiger partial charge in [0.25, 0.3) is 0 Å². The van der Waals surface area contributed by atoms with Crippen LogP contribution in [0.2, 0.25) is 0 Å². The van der Waals surface area contributed by atoms with Crippen molar-refractivity contribution >= 4 is 22.7 Å². The molecule has 1 aliphatic rings. The smallest absolute Gasteiger partial charge is 0.387 e. The number of rotatable bonds is 7. The van der Waals surface area contributed by atoms with Gasteiger partial charge in [0.05, 0.1) is 19.7 Å². The fraction of sp³-hybridized carbons (Fsp3) is 0.273. The second kappa shape index (κ2) is 8.97. The van der Waals surface area contributed by atoms with Crippen LogP contribution in [0.5, 0.6) is 11.5 Å². The molecule has 0 radical (unpaired) electrons. The fourth-order valence-electron chi connectivity index (χ4n) is 3.93. The Balaban J connectivity index is 1.38. The first-order chi connectivity index (χ1) is 15.6. The van der Waals surface area contributed by atoms with Crippen molar-refractivity contribution in [2.45, 2.75) is 25.6 Å². The Labute approximate surface area is 191 Å². The lowest BCUT2D eigenvalue weighted by molar-refractivity contribution is -0.0512. The summed E-state index contributed by atoms with van der Waals surface area (Å²) < 4.78 is 40.3. The highest BCUT2D eigenvalue weighted by Gasteiger charge is 2.31. The van der Waals surface area contributed by atoms with Gasteiger partial charge in [0.2, 0.25) is 11.7 Å². The third-order valence-electron chi connectivity index (χ3n) is 5.32. The molecule has 0 N–H and O–H groups in total. The van der Waals surface area contributed by atoms with E-state index < -0.39 is 6.61 Å². The van der Waals surface area contributed by atoms with Gasteiger partial charge in [-0.25, -0.2) is 0 Å². The minimum Gasteiger partial charge on any atom is -0.493 e. The van der Waals surface area contributed by atoms with Crippen LogP contribution in [0.15, 0.2) is 51.7 Å². The van der Waals surface area contributed by atoms with Gasteiger partial charge in [0.15, 0.2) is 11.5 Å². The molecule has 10 heteroatoms. The number of methoxy groups -OCH3 is 1. The molecule has 32 heavy (non-hydrogen) atoms. The van der Waals surface area contributed by atoms with Crippen molar-refractivity contribution in [3.63, 3.8) is 0 Å². The van der Waals surface area contributed by atoms with E-state index in [0.29, 0.717) is 23.8 Å². The summed E-state index contributed by atoms with van der Waals surface area (Å²) in [5, 5.41) is 8.33. The molecule has 1 atom stereocenters. The molecule has 1 unspecified atom stereocenters. The molecule has 0 fully saturated rings. The van der Waals surface area contributed by atoms with Crippen LogP contribution in [-0.4, -0.2) is 35.3 Å². The maximum atomic E-state index is 12.6. The molecule has 0 spiro atoms. The molecule has 1 aliphatic heterocycles. The summed E-state index contributed by atoms with van der Waals surface area (Å²) in [6.45, 7) is -1.54. The number of thiophene rings is 2. The predicted octanol–water partition coefficient (Wildman–Crippen LogP) is 5.62. The SMILES string of the molecule is COc1cc(-c2noc(CN3CCc4sccc4C3c3cccs3)n2)ccc1OC(F)F. The van der Waals surface area contributed by atoms with Gasteiger partial charge in [-0.2, -0.15) is 13.8 Å². The Bertz CT molecular complexity index is 1190. The lowest BCUT2D eigenvalue weighted by Crippen LogP contribution is -2.34. The van der Waals surface area contributed by atoms with E-state index in [1.807, 2.05) is 0 Å². The highest BCUT2D eigenvalue weighted by Crippen LogP contribution is 2.40. The molecule has 0 aliphatic carbocycles. The Morgan fingerprint density at radius 3 is 2.88 bits per heavy atom. The first-order valence-electron chi connectivity index (χ1n) is 9.92. The van der Waals surface area contributed by atoms with E-state index in [2.05, 4.69) is 48.7 Å². The molecular weight excluding hydrogens is 456 g/mol. The number of halogens is 2. The quantitative estimate of drug-likeness (QED) is 0.346. The highest BCUT2D eigenvalue weighted by molar-refractivity contribution is 7.10. The number of fused-ring (bicyclic) bond motifs is 1. The lowest BCUT2D eigenvalue weighted by atomic mass is 9.98. The monoisotopic (exact) mass is 475 g/mol. The first-order valence-corrected chi connectivity index (χ1v) is 11.7. The molecule has 0 saturated carbocycles. The molecule has 0 saturated heterocycles. The van der Waals surface area contributed by atoms with Crippen LogP contribution in [0, 0.1) is 0 Å². The topological polar surface area (TPSA) is 60.6 Å². The van der Waals surface area contributed by atoms with E-state index in [1.165, 1.54) is 28.5 Å². The van der Waals surface area contributed by atoms with Gasteiger partial charge >= 0.3 is 6.61 Å². The number of hydrogen-bond acceptors (Lipinski definition) is 8. The molecule has 0 bridgehead atoms. The summed E-state index contributed by atoms with van der Waals surface area (Å²) in [5.74, 6) is 0.983. The van der Waals surface area contributed by atoms with Crippen LogP contribution < -0.4 is 9.47 Å². The van der Waals surface area contributed by atoms with Crippen LogP contribution in [0.25, 0.3) is 11.4 Å². The molecular formula is C22H19F2N3O3S2. The van der Waals surface area contributed by atoms with Crippen molar-refractivity contribution in [1.29, 1.82) is 0 Å². The second-order valence-corrected chi connectivity index (χ2v) is 9.17. The highest BCUT2D eigenvalue weighted by atomic mass is 32.1. The van der Waals surface area contributed by atoms with Gasteiger partial charge in [0, 0.05) is 21.9 Å². The van der Waals surface area contributed by atoms with E-state index >= 15 is 0 Å². The summed E-state index contributed by atoms with van der Waals surface area (Å²) in [4.78, 5) is 9.59. The standard InChI is InChI=1S/C22H19F2N3O3S2/c1-28-16-11-13(4-5-15(16)29-22(23)24)21-25-19(30-26-21)12-27-8-6-17-14(7-10-32-17)20(27)18-3-2-9-31-18/h2-5,7,9-11,20,22H,6,8,12H2,1H3. The van der Waals surface area contributed by atoms with Crippen molar-refractivity contribution in [1.82, 2.24) is 15.0 Å². The molecule has 4 aromatic rings. The van der Waals surface area contributed by atoms with Crippen molar-refractivity contribution in [2.24, 2.45) is 0 Å². The fourth-order valence-corrected chi connectivity index (χ4v) is 5.71. The van der Waals surface area contributed by atoms with E-state index in [9.17, 15) is 8.78 Å². The van der Waals surface area contributed by atoms with Gasteiger partial charge in [-0.1, -0.05) is 11.2 Å². The summed E-state index contributed by atoms with van der Waals surface area (Å²) in [6.07, 6.45) is 0.985. The van der Waals surface area contributed by atoms with Crippen LogP contribution >= 0.6 is 22.7 Å². The summed E-state index contributed by atoms with van der Waals surface area (Å²) in [7, 11) is 1.39. The van der Waals surface area contributed by atoms with Crippen LogP contribution in [-0.2, 0) is 13.0 Å². The lowest BCUT2D eigenvalue weighted by Gasteiger charge is -2.34. The largest absolute Gasteiger partial charge is 0.493 e. The van der Waals surface area contributed by atoms with Gasteiger partial charge in [-0.05, 0) is 53.1 Å². The van der Waals surface area contributed by atoms with Crippen molar-refractivity contribution in [3.05, 3.63) is 68.4 Å². The maximum absolute atomic E-state index is 12.6. The zero-order chi connectivity index (χ0) is 22.1. The average molecular weight is 476 g/mol. The zero-order valence-corrected chi connectivity index (χ0v) is 18.7. The van der Waals surface area contributed by atoms with E-state index in [0.717, 1.165) is 13.0 Å². The van der Waals surface area contributed by atoms with Crippen molar-refractivity contribution in [2.75, 3.05) is 13.7 Å². The summed E-state index contributed by atoms with van der Waals surface area (Å²) in [6, 6.07) is 11.1. The van der Waals surface area contributed by atoms with Crippen LogP contribution in [0.1, 0.15) is 27.3 Å². The second-order valence-electron chi connectivity index (χ2n) is 7.19. The van der Waals surface area contributed by atoms with Gasteiger partial charge < -0.3 is 14.0 Å². The average Bonchev–Trinajstić information content (AvgIpc) is 3.55. The number of hydrogen-bond donors (Lipinski definition) is 0. The summed E-state index contributed by atoms with van der Waals surface area (Å²) >= 11 is 3.54. The minimum absolute atomic E-state index is 0.0476. The minimum atomic E-state index is -2.93. The van der Waals surface area contributed by atoms with E-state index in [-0.39, 0.29) is 17.5 Å². The molecule has 6 nitrogen and oxygen atoms in total. The van der Waals surface area contributed by atoms with E-state index in [4.69, 9.17) is 9.26 Å².